The van der Waals surface area contributed by atoms with Crippen LogP contribution in [0.3, 0.4) is 0 Å². The SMILES string of the molecule is COC(=O)C1=C(C)NC(C)=C(C(=O)Nc2ccccc2OC)C1c1ccc(C#N)cc1. The average Bonchev–Trinajstić information content (AvgIpc) is 2.78. The predicted molar refractivity (Wildman–Crippen MR) is 116 cm³/mol. The van der Waals surface area contributed by atoms with Gasteiger partial charge in [0, 0.05) is 17.0 Å². The first-order chi connectivity index (χ1) is 14.9. The smallest absolute Gasteiger partial charge is 0.336 e. The molecule has 0 aromatic heterocycles. The van der Waals surface area contributed by atoms with Gasteiger partial charge in [0.1, 0.15) is 5.75 Å². The second kappa shape index (κ2) is 9.18. The number of amides is 1. The molecule has 2 N–H and O–H groups in total. The van der Waals surface area contributed by atoms with Gasteiger partial charge >= 0.3 is 5.97 Å². The molecule has 0 bridgehead atoms. The van der Waals surface area contributed by atoms with Crippen LogP contribution in [0.15, 0.2) is 71.1 Å². The number of nitrogens with one attached hydrogen (secondary N) is 2. The van der Waals surface area contributed by atoms with Crippen molar-refractivity contribution in [3.05, 3.63) is 82.2 Å². The fourth-order valence-electron chi connectivity index (χ4n) is 3.70. The first kappa shape index (κ1) is 21.7. The van der Waals surface area contributed by atoms with E-state index in [1.54, 1.807) is 56.3 Å². The van der Waals surface area contributed by atoms with Crippen LogP contribution in [0.25, 0.3) is 0 Å². The van der Waals surface area contributed by atoms with E-state index in [4.69, 9.17) is 14.7 Å². The molecule has 0 radical (unpaired) electrons. The van der Waals surface area contributed by atoms with Gasteiger partial charge in [0.05, 0.1) is 43.0 Å². The van der Waals surface area contributed by atoms with Crippen molar-refractivity contribution in [3.8, 4) is 11.8 Å². The fourth-order valence-corrected chi connectivity index (χ4v) is 3.70. The molecule has 7 heteroatoms. The highest BCUT2D eigenvalue weighted by atomic mass is 16.5. The number of carbonyl (C=O) groups is 2. The van der Waals surface area contributed by atoms with Gasteiger partial charge in [-0.15, -0.1) is 0 Å². The fraction of sp³-hybridized carbons (Fsp3) is 0.208. The Balaban J connectivity index is 2.10. The van der Waals surface area contributed by atoms with Gasteiger partial charge in [-0.25, -0.2) is 4.79 Å². The van der Waals surface area contributed by atoms with Gasteiger partial charge in [0.15, 0.2) is 0 Å². The van der Waals surface area contributed by atoms with Gasteiger partial charge in [-0.2, -0.15) is 5.26 Å². The summed E-state index contributed by atoms with van der Waals surface area (Å²) in [6.45, 7) is 3.55. The Labute approximate surface area is 181 Å². The number of carbonyl (C=O) groups excluding carboxylic acids is 2. The number of nitrogens with zero attached hydrogens (tertiary/aromatic N) is 1. The minimum absolute atomic E-state index is 0.336. The number of allylic oxidation sites excluding steroid dienone is 2. The first-order valence-electron chi connectivity index (χ1n) is 9.62. The van der Waals surface area contributed by atoms with Crippen molar-refractivity contribution in [2.24, 2.45) is 0 Å². The number of esters is 1. The monoisotopic (exact) mass is 417 g/mol. The number of benzene rings is 2. The second-order valence-corrected chi connectivity index (χ2v) is 7.02. The summed E-state index contributed by atoms with van der Waals surface area (Å²) in [4.78, 5) is 26.1. The maximum Gasteiger partial charge on any atom is 0.336 e. The molecular formula is C24H23N3O4. The molecule has 1 aliphatic heterocycles. The van der Waals surface area contributed by atoms with E-state index in [9.17, 15) is 9.59 Å². The Morgan fingerprint density at radius 3 is 2.26 bits per heavy atom. The zero-order valence-electron chi connectivity index (χ0n) is 17.8. The highest BCUT2D eigenvalue weighted by Crippen LogP contribution is 2.39. The van der Waals surface area contributed by atoms with Crippen molar-refractivity contribution < 1.29 is 19.1 Å². The highest BCUT2D eigenvalue weighted by Gasteiger charge is 2.37. The average molecular weight is 417 g/mol. The lowest BCUT2D eigenvalue weighted by atomic mass is 9.80. The van der Waals surface area contributed by atoms with Crippen molar-refractivity contribution in [3.63, 3.8) is 0 Å². The molecular weight excluding hydrogens is 394 g/mol. The number of dihydropyridines is 1. The second-order valence-electron chi connectivity index (χ2n) is 7.02. The maximum atomic E-state index is 13.4. The topological polar surface area (TPSA) is 100 Å². The van der Waals surface area contributed by atoms with Gasteiger partial charge in [-0.3, -0.25) is 4.79 Å². The third kappa shape index (κ3) is 4.28. The molecule has 0 saturated carbocycles. The summed E-state index contributed by atoms with van der Waals surface area (Å²) in [5.41, 5.74) is 3.63. The van der Waals surface area contributed by atoms with E-state index in [0.29, 0.717) is 45.1 Å². The summed E-state index contributed by atoms with van der Waals surface area (Å²) in [5, 5.41) is 15.1. The summed E-state index contributed by atoms with van der Waals surface area (Å²) in [7, 11) is 2.83. The molecule has 1 atom stereocenters. The molecule has 1 unspecified atom stereocenters. The lowest BCUT2D eigenvalue weighted by Crippen LogP contribution is -2.33. The number of hydrogen-bond acceptors (Lipinski definition) is 6. The molecule has 0 saturated heterocycles. The maximum absolute atomic E-state index is 13.4. The molecule has 3 rings (SSSR count). The van der Waals surface area contributed by atoms with Crippen molar-refractivity contribution in [1.29, 1.82) is 5.26 Å². The molecule has 7 nitrogen and oxygen atoms in total. The zero-order valence-corrected chi connectivity index (χ0v) is 17.8. The van der Waals surface area contributed by atoms with E-state index < -0.39 is 11.9 Å². The van der Waals surface area contributed by atoms with Crippen LogP contribution in [0.1, 0.15) is 30.9 Å². The number of rotatable bonds is 5. The molecule has 2 aromatic rings. The Kier molecular flexibility index (Phi) is 6.41. The van der Waals surface area contributed by atoms with E-state index in [2.05, 4.69) is 16.7 Å². The van der Waals surface area contributed by atoms with Crippen molar-refractivity contribution in [2.45, 2.75) is 19.8 Å². The quantitative estimate of drug-likeness (QED) is 0.721. The molecule has 0 spiro atoms. The predicted octanol–water partition coefficient (Wildman–Crippen LogP) is 3.61. The molecule has 31 heavy (non-hydrogen) atoms. The third-order valence-corrected chi connectivity index (χ3v) is 5.14. The number of hydrogen-bond donors (Lipinski definition) is 2. The Hall–Kier alpha value is -4.05. The molecule has 158 valence electrons. The number of anilines is 1. The third-order valence-electron chi connectivity index (χ3n) is 5.14. The minimum Gasteiger partial charge on any atom is -0.495 e. The molecule has 2 aromatic carbocycles. The van der Waals surface area contributed by atoms with Crippen LogP contribution >= 0.6 is 0 Å². The number of para-hydroxylation sites is 2. The standard InChI is InChI=1S/C24H23N3O4/c1-14-20(23(28)27-18-7-5-6-8-19(18)30-3)22(17-11-9-16(13-25)10-12-17)21(15(2)26-14)24(29)31-4/h5-12,22,26H,1-4H3,(H,27,28). The van der Waals surface area contributed by atoms with E-state index >= 15 is 0 Å². The Morgan fingerprint density at radius 2 is 1.65 bits per heavy atom. The summed E-state index contributed by atoms with van der Waals surface area (Å²) in [5.74, 6) is -1.06. The molecule has 1 heterocycles. The molecule has 0 aliphatic carbocycles. The summed E-state index contributed by atoms with van der Waals surface area (Å²) < 4.78 is 10.3. The largest absolute Gasteiger partial charge is 0.495 e. The molecule has 0 fully saturated rings. The summed E-state index contributed by atoms with van der Waals surface area (Å²) in [6.07, 6.45) is 0. The van der Waals surface area contributed by atoms with Crippen LogP contribution in [-0.2, 0) is 14.3 Å². The van der Waals surface area contributed by atoms with Crippen LogP contribution < -0.4 is 15.4 Å². The Bertz CT molecular complexity index is 1120. The number of methoxy groups -OCH3 is 2. The minimum atomic E-state index is -0.670. The summed E-state index contributed by atoms with van der Waals surface area (Å²) >= 11 is 0. The Morgan fingerprint density at radius 1 is 1.00 bits per heavy atom. The number of ether oxygens (including phenoxy) is 2. The van der Waals surface area contributed by atoms with Gasteiger partial charge in [-0.05, 0) is 43.7 Å². The van der Waals surface area contributed by atoms with E-state index in [1.165, 1.54) is 14.2 Å². The van der Waals surface area contributed by atoms with E-state index in [-0.39, 0.29) is 5.91 Å². The van der Waals surface area contributed by atoms with Gasteiger partial charge in [0.2, 0.25) is 0 Å². The lowest BCUT2D eigenvalue weighted by Gasteiger charge is -2.31. The molecule has 1 amide bonds. The van der Waals surface area contributed by atoms with E-state index in [1.807, 2.05) is 6.07 Å². The van der Waals surface area contributed by atoms with Gasteiger partial charge < -0.3 is 20.1 Å². The van der Waals surface area contributed by atoms with Crippen LogP contribution in [0.2, 0.25) is 0 Å². The van der Waals surface area contributed by atoms with Crippen molar-refractivity contribution in [1.82, 2.24) is 5.32 Å². The van der Waals surface area contributed by atoms with E-state index in [0.717, 1.165) is 0 Å². The van der Waals surface area contributed by atoms with Crippen molar-refractivity contribution >= 4 is 17.6 Å². The zero-order chi connectivity index (χ0) is 22.5. The highest BCUT2D eigenvalue weighted by molar-refractivity contribution is 6.09. The first-order valence-corrected chi connectivity index (χ1v) is 9.62. The normalized spacial score (nSPS) is 15.6. The van der Waals surface area contributed by atoms with Crippen LogP contribution in [0.4, 0.5) is 5.69 Å². The van der Waals surface area contributed by atoms with Crippen LogP contribution in [0, 0.1) is 11.3 Å². The molecule has 1 aliphatic rings. The van der Waals surface area contributed by atoms with Crippen LogP contribution in [0.5, 0.6) is 5.75 Å². The van der Waals surface area contributed by atoms with Gasteiger partial charge in [0.25, 0.3) is 5.91 Å². The number of nitriles is 1. The van der Waals surface area contributed by atoms with Crippen LogP contribution in [-0.4, -0.2) is 26.1 Å². The summed E-state index contributed by atoms with van der Waals surface area (Å²) in [6, 6.07) is 16.0. The van der Waals surface area contributed by atoms with Gasteiger partial charge in [-0.1, -0.05) is 24.3 Å². The lowest BCUT2D eigenvalue weighted by molar-refractivity contribution is -0.136. The van der Waals surface area contributed by atoms with Crippen molar-refractivity contribution in [2.75, 3.05) is 19.5 Å².